The van der Waals surface area contributed by atoms with E-state index in [4.69, 9.17) is 21.4 Å². The maximum atomic E-state index is 13.9. The number of aliphatic hydroxyl groups excluding tert-OH is 1. The summed E-state index contributed by atoms with van der Waals surface area (Å²) in [6, 6.07) is 2.58. The van der Waals surface area contributed by atoms with Gasteiger partial charge in [0.15, 0.2) is 5.82 Å². The summed E-state index contributed by atoms with van der Waals surface area (Å²) in [4.78, 5) is 0. The van der Waals surface area contributed by atoms with Crippen molar-refractivity contribution in [3.05, 3.63) is 34.4 Å². The van der Waals surface area contributed by atoms with E-state index in [9.17, 15) is 4.39 Å². The molecule has 18 heavy (non-hydrogen) atoms. The summed E-state index contributed by atoms with van der Waals surface area (Å²) >= 11 is 5.94. The van der Waals surface area contributed by atoms with Crippen molar-refractivity contribution in [2.75, 3.05) is 7.11 Å². The monoisotopic (exact) mass is 271 g/mol. The average molecular weight is 272 g/mol. The first-order chi connectivity index (χ1) is 8.58. The number of hydrogen-bond donors (Lipinski definition) is 1. The van der Waals surface area contributed by atoms with Crippen molar-refractivity contribution < 1.29 is 14.2 Å². The molecule has 1 aromatic heterocycles. The van der Waals surface area contributed by atoms with Crippen LogP contribution >= 0.6 is 11.6 Å². The summed E-state index contributed by atoms with van der Waals surface area (Å²) in [7, 11) is 1.41. The van der Waals surface area contributed by atoms with Gasteiger partial charge in [-0.25, -0.2) is 9.07 Å². The molecule has 1 aromatic carbocycles. The molecule has 1 heterocycles. The molecule has 0 aliphatic heterocycles. The minimum absolute atomic E-state index is 0.158. The molecule has 0 saturated heterocycles. The second kappa shape index (κ2) is 4.91. The van der Waals surface area contributed by atoms with E-state index in [2.05, 4.69) is 10.3 Å². The van der Waals surface area contributed by atoms with Crippen molar-refractivity contribution in [1.29, 1.82) is 0 Å². The van der Waals surface area contributed by atoms with Crippen LogP contribution in [0.1, 0.15) is 11.4 Å². The highest BCUT2D eigenvalue weighted by atomic mass is 35.5. The van der Waals surface area contributed by atoms with Gasteiger partial charge in [0.2, 0.25) is 0 Å². The number of rotatable bonds is 3. The van der Waals surface area contributed by atoms with Crippen LogP contribution in [0.2, 0.25) is 5.02 Å². The average Bonchev–Trinajstić information content (AvgIpc) is 2.72. The van der Waals surface area contributed by atoms with Crippen molar-refractivity contribution >= 4 is 11.6 Å². The summed E-state index contributed by atoms with van der Waals surface area (Å²) in [5, 5.41) is 16.8. The van der Waals surface area contributed by atoms with Crippen LogP contribution in [0.5, 0.6) is 5.75 Å². The smallest absolute Gasteiger partial charge is 0.152 e. The summed E-state index contributed by atoms with van der Waals surface area (Å²) in [5.41, 5.74) is 1.10. The lowest BCUT2D eigenvalue weighted by atomic mass is 10.2. The molecule has 0 amide bonds. The van der Waals surface area contributed by atoms with E-state index in [0.717, 1.165) is 0 Å². The maximum absolute atomic E-state index is 13.9. The molecule has 5 nitrogen and oxygen atoms in total. The van der Waals surface area contributed by atoms with E-state index in [-0.39, 0.29) is 23.1 Å². The summed E-state index contributed by atoms with van der Waals surface area (Å²) in [6.45, 7) is 1.43. The number of nitrogens with zero attached hydrogens (tertiary/aromatic N) is 3. The van der Waals surface area contributed by atoms with Crippen LogP contribution in [-0.4, -0.2) is 27.2 Å². The van der Waals surface area contributed by atoms with Crippen molar-refractivity contribution in [1.82, 2.24) is 15.0 Å². The van der Waals surface area contributed by atoms with Crippen LogP contribution in [0.25, 0.3) is 5.69 Å². The van der Waals surface area contributed by atoms with Gasteiger partial charge in [0, 0.05) is 6.07 Å². The molecule has 0 saturated carbocycles. The molecule has 1 N–H and O–H groups in total. The molecule has 2 aromatic rings. The Kier molecular flexibility index (Phi) is 3.49. The molecule has 0 atom stereocenters. The van der Waals surface area contributed by atoms with Crippen molar-refractivity contribution in [3.8, 4) is 11.4 Å². The van der Waals surface area contributed by atoms with E-state index >= 15 is 0 Å². The lowest BCUT2D eigenvalue weighted by molar-refractivity contribution is 0.276. The summed E-state index contributed by atoms with van der Waals surface area (Å²) in [6.07, 6.45) is 0. The first-order valence-electron chi connectivity index (χ1n) is 5.14. The zero-order chi connectivity index (χ0) is 13.3. The number of hydrogen-bond acceptors (Lipinski definition) is 4. The molecule has 0 bridgehead atoms. The topological polar surface area (TPSA) is 60.2 Å². The van der Waals surface area contributed by atoms with Gasteiger partial charge < -0.3 is 9.84 Å². The van der Waals surface area contributed by atoms with Crippen LogP contribution in [0.4, 0.5) is 4.39 Å². The van der Waals surface area contributed by atoms with Gasteiger partial charge in [0.05, 0.1) is 24.4 Å². The van der Waals surface area contributed by atoms with E-state index in [1.807, 2.05) is 0 Å². The van der Waals surface area contributed by atoms with E-state index in [1.165, 1.54) is 23.9 Å². The van der Waals surface area contributed by atoms with Crippen LogP contribution in [0.3, 0.4) is 0 Å². The van der Waals surface area contributed by atoms with Gasteiger partial charge in [0.1, 0.15) is 17.1 Å². The lowest BCUT2D eigenvalue weighted by Gasteiger charge is -2.08. The number of ether oxygens (including phenoxy) is 1. The van der Waals surface area contributed by atoms with Crippen molar-refractivity contribution in [2.45, 2.75) is 13.5 Å². The Balaban J connectivity index is 2.57. The van der Waals surface area contributed by atoms with Crippen LogP contribution in [-0.2, 0) is 6.61 Å². The number of aromatic nitrogens is 3. The minimum atomic E-state index is -0.534. The molecular weight excluding hydrogens is 261 g/mol. The zero-order valence-corrected chi connectivity index (χ0v) is 10.6. The fraction of sp³-hybridized carbons (Fsp3) is 0.273. The predicted molar refractivity (Wildman–Crippen MR) is 63.5 cm³/mol. The largest absolute Gasteiger partial charge is 0.495 e. The Morgan fingerprint density at radius 1 is 1.50 bits per heavy atom. The highest BCUT2D eigenvalue weighted by molar-refractivity contribution is 6.32. The molecule has 0 unspecified atom stereocenters. The molecule has 0 aliphatic carbocycles. The molecule has 0 spiro atoms. The first kappa shape index (κ1) is 12.8. The Labute approximate surface area is 108 Å². The van der Waals surface area contributed by atoms with Gasteiger partial charge in [-0.05, 0) is 13.0 Å². The van der Waals surface area contributed by atoms with Gasteiger partial charge in [0.25, 0.3) is 0 Å². The second-order valence-corrected chi connectivity index (χ2v) is 4.04. The number of benzene rings is 1. The summed E-state index contributed by atoms with van der Waals surface area (Å²) < 4.78 is 20.1. The Hall–Kier alpha value is -1.66. The molecule has 0 aliphatic rings. The molecule has 96 valence electrons. The molecule has 7 heteroatoms. The van der Waals surface area contributed by atoms with Crippen molar-refractivity contribution in [3.63, 3.8) is 0 Å². The number of halogens is 2. The Morgan fingerprint density at radius 2 is 2.22 bits per heavy atom. The van der Waals surface area contributed by atoms with Gasteiger partial charge in [-0.1, -0.05) is 16.8 Å². The normalized spacial score (nSPS) is 10.7. The van der Waals surface area contributed by atoms with E-state index in [0.29, 0.717) is 11.4 Å². The third-order valence-corrected chi connectivity index (χ3v) is 2.88. The highest BCUT2D eigenvalue weighted by Crippen LogP contribution is 2.29. The van der Waals surface area contributed by atoms with Gasteiger partial charge in [-0.2, -0.15) is 0 Å². The third-order valence-electron chi connectivity index (χ3n) is 2.59. The van der Waals surface area contributed by atoms with E-state index in [1.54, 1.807) is 6.92 Å². The molecule has 0 fully saturated rings. The standard InChI is InChI=1S/C11H11ClFN3O2/c1-6-9(5-17)14-15-16(6)10-3-7(12)11(18-2)4-8(10)13/h3-4,17H,5H2,1-2H3. The Morgan fingerprint density at radius 3 is 2.78 bits per heavy atom. The SMILES string of the molecule is COc1cc(F)c(-n2nnc(CO)c2C)cc1Cl. The number of aliphatic hydroxyl groups is 1. The van der Waals surface area contributed by atoms with E-state index < -0.39 is 5.82 Å². The summed E-state index contributed by atoms with van der Waals surface area (Å²) in [5.74, 6) is -0.285. The van der Waals surface area contributed by atoms with Crippen molar-refractivity contribution in [2.24, 2.45) is 0 Å². The maximum Gasteiger partial charge on any atom is 0.152 e. The third kappa shape index (κ3) is 2.04. The molecular formula is C11H11ClFN3O2. The fourth-order valence-corrected chi connectivity index (χ4v) is 1.81. The van der Waals surface area contributed by atoms with Gasteiger partial charge in [-0.15, -0.1) is 5.10 Å². The van der Waals surface area contributed by atoms with Gasteiger partial charge >= 0.3 is 0 Å². The van der Waals surface area contributed by atoms with Crippen LogP contribution in [0, 0.1) is 12.7 Å². The first-order valence-corrected chi connectivity index (χ1v) is 5.51. The molecule has 2 rings (SSSR count). The molecule has 0 radical (unpaired) electrons. The second-order valence-electron chi connectivity index (χ2n) is 3.63. The fourth-order valence-electron chi connectivity index (χ4n) is 1.57. The van der Waals surface area contributed by atoms with Crippen LogP contribution in [0.15, 0.2) is 12.1 Å². The minimum Gasteiger partial charge on any atom is -0.495 e. The van der Waals surface area contributed by atoms with Gasteiger partial charge in [-0.3, -0.25) is 0 Å². The lowest BCUT2D eigenvalue weighted by Crippen LogP contribution is -2.03. The zero-order valence-electron chi connectivity index (χ0n) is 9.81. The highest BCUT2D eigenvalue weighted by Gasteiger charge is 2.15. The predicted octanol–water partition coefficient (Wildman–Crippen LogP) is 1.87. The quantitative estimate of drug-likeness (QED) is 0.926. The number of methoxy groups -OCH3 is 1. The Bertz CT molecular complexity index is 586. The van der Waals surface area contributed by atoms with Crippen LogP contribution < -0.4 is 4.74 Å².